The number of benzene rings is 1. The minimum Gasteiger partial charge on any atom is -0.497 e. The van der Waals surface area contributed by atoms with Gasteiger partial charge in [0.1, 0.15) is 5.75 Å². The predicted octanol–water partition coefficient (Wildman–Crippen LogP) is 1.17. The van der Waals surface area contributed by atoms with E-state index in [9.17, 15) is 4.79 Å². The Labute approximate surface area is 94.8 Å². The molecule has 4 nitrogen and oxygen atoms in total. The van der Waals surface area contributed by atoms with Gasteiger partial charge in [0.05, 0.1) is 13.7 Å². The average molecular weight is 221 g/mol. The summed E-state index contributed by atoms with van der Waals surface area (Å²) < 4.78 is 10.4. The maximum absolute atomic E-state index is 12.0. The van der Waals surface area contributed by atoms with Crippen molar-refractivity contribution < 1.29 is 14.3 Å². The molecule has 1 aliphatic heterocycles. The molecule has 0 saturated carbocycles. The lowest BCUT2D eigenvalue weighted by Gasteiger charge is -2.16. The van der Waals surface area contributed by atoms with Crippen LogP contribution in [0.2, 0.25) is 0 Å². The molecule has 0 aromatic heterocycles. The quantitative estimate of drug-likeness (QED) is 0.718. The molecule has 0 spiro atoms. The fourth-order valence-corrected chi connectivity index (χ4v) is 1.73. The third kappa shape index (κ3) is 2.08. The van der Waals surface area contributed by atoms with Crippen LogP contribution >= 0.6 is 0 Å². The Morgan fingerprint density at radius 3 is 2.62 bits per heavy atom. The van der Waals surface area contributed by atoms with Gasteiger partial charge in [0.2, 0.25) is 5.78 Å². The summed E-state index contributed by atoms with van der Waals surface area (Å²) in [7, 11) is 3.49. The minimum atomic E-state index is -0.437. The second-order valence-corrected chi connectivity index (χ2v) is 3.80. The van der Waals surface area contributed by atoms with Crippen LogP contribution in [0, 0.1) is 0 Å². The predicted molar refractivity (Wildman–Crippen MR) is 59.7 cm³/mol. The molecule has 1 aromatic carbocycles. The summed E-state index contributed by atoms with van der Waals surface area (Å²) in [6, 6.07) is 7.08. The topological polar surface area (TPSA) is 38.8 Å². The molecule has 1 fully saturated rings. The summed E-state index contributed by atoms with van der Waals surface area (Å²) in [5, 5.41) is 0. The van der Waals surface area contributed by atoms with E-state index in [-0.39, 0.29) is 5.78 Å². The maximum Gasteiger partial charge on any atom is 0.206 e. The highest BCUT2D eigenvalue weighted by Gasteiger charge is 2.29. The lowest BCUT2D eigenvalue weighted by atomic mass is 10.1. The fourth-order valence-electron chi connectivity index (χ4n) is 1.73. The van der Waals surface area contributed by atoms with Crippen molar-refractivity contribution in [1.82, 2.24) is 4.90 Å². The first-order valence-electron chi connectivity index (χ1n) is 5.22. The smallest absolute Gasteiger partial charge is 0.206 e. The Hall–Kier alpha value is -1.39. The van der Waals surface area contributed by atoms with Crippen LogP contribution in [0.15, 0.2) is 24.3 Å². The molecule has 0 bridgehead atoms. The zero-order valence-electron chi connectivity index (χ0n) is 9.47. The van der Waals surface area contributed by atoms with Crippen LogP contribution in [0.5, 0.6) is 5.75 Å². The molecular formula is C12H15NO3. The molecule has 86 valence electrons. The number of carbonyl (C=O) groups is 1. The number of rotatable bonds is 3. The monoisotopic (exact) mass is 221 g/mol. The van der Waals surface area contributed by atoms with E-state index < -0.39 is 6.23 Å². The first-order chi connectivity index (χ1) is 7.72. The molecule has 0 aliphatic carbocycles. The molecule has 0 radical (unpaired) electrons. The summed E-state index contributed by atoms with van der Waals surface area (Å²) in [6.45, 7) is 1.41. The molecule has 0 amide bonds. The highest BCUT2D eigenvalue weighted by Crippen LogP contribution is 2.17. The highest BCUT2D eigenvalue weighted by molar-refractivity contribution is 5.99. The van der Waals surface area contributed by atoms with E-state index >= 15 is 0 Å². The molecule has 1 aliphatic rings. The van der Waals surface area contributed by atoms with Crippen molar-refractivity contribution in [2.24, 2.45) is 0 Å². The Bertz CT molecular complexity index is 374. The van der Waals surface area contributed by atoms with E-state index in [1.165, 1.54) is 0 Å². The third-order valence-corrected chi connectivity index (χ3v) is 2.72. The zero-order valence-corrected chi connectivity index (χ0v) is 9.47. The molecule has 1 unspecified atom stereocenters. The van der Waals surface area contributed by atoms with E-state index in [1.807, 2.05) is 11.9 Å². The molecular weight excluding hydrogens is 206 g/mol. The van der Waals surface area contributed by atoms with Crippen molar-refractivity contribution in [2.45, 2.75) is 6.23 Å². The van der Waals surface area contributed by atoms with Crippen molar-refractivity contribution in [2.75, 3.05) is 27.3 Å². The molecule has 1 heterocycles. The van der Waals surface area contributed by atoms with E-state index in [4.69, 9.17) is 9.47 Å². The van der Waals surface area contributed by atoms with Crippen LogP contribution in [0.1, 0.15) is 10.4 Å². The van der Waals surface area contributed by atoms with Gasteiger partial charge in [-0.15, -0.1) is 0 Å². The number of hydrogen-bond acceptors (Lipinski definition) is 4. The van der Waals surface area contributed by atoms with Gasteiger partial charge in [-0.05, 0) is 31.3 Å². The summed E-state index contributed by atoms with van der Waals surface area (Å²) in [6.07, 6.45) is -0.437. The lowest BCUT2D eigenvalue weighted by Crippen LogP contribution is -2.33. The van der Waals surface area contributed by atoms with Gasteiger partial charge in [-0.1, -0.05) is 0 Å². The van der Waals surface area contributed by atoms with E-state index in [1.54, 1.807) is 31.4 Å². The summed E-state index contributed by atoms with van der Waals surface area (Å²) in [4.78, 5) is 14.0. The van der Waals surface area contributed by atoms with Crippen LogP contribution in [-0.4, -0.2) is 44.2 Å². The van der Waals surface area contributed by atoms with E-state index in [2.05, 4.69) is 0 Å². The molecule has 2 rings (SSSR count). The van der Waals surface area contributed by atoms with Gasteiger partial charge in [0, 0.05) is 12.1 Å². The normalized spacial score (nSPS) is 21.0. The largest absolute Gasteiger partial charge is 0.497 e. The van der Waals surface area contributed by atoms with Crippen molar-refractivity contribution in [3.63, 3.8) is 0 Å². The number of likely N-dealkylation sites (N-methyl/N-ethyl adjacent to an activating group) is 1. The van der Waals surface area contributed by atoms with Gasteiger partial charge >= 0.3 is 0 Å². The van der Waals surface area contributed by atoms with Gasteiger partial charge in [-0.2, -0.15) is 0 Å². The van der Waals surface area contributed by atoms with Crippen molar-refractivity contribution in [3.8, 4) is 5.75 Å². The van der Waals surface area contributed by atoms with Crippen molar-refractivity contribution >= 4 is 5.78 Å². The van der Waals surface area contributed by atoms with E-state index in [0.717, 1.165) is 12.3 Å². The number of Topliss-reactive ketones (excluding diaryl/α,β-unsaturated/α-hetero) is 1. The third-order valence-electron chi connectivity index (χ3n) is 2.72. The molecule has 16 heavy (non-hydrogen) atoms. The average Bonchev–Trinajstić information content (AvgIpc) is 2.75. The molecule has 0 N–H and O–H groups in total. The van der Waals surface area contributed by atoms with Crippen LogP contribution in [0.25, 0.3) is 0 Å². The second-order valence-electron chi connectivity index (χ2n) is 3.80. The summed E-state index contributed by atoms with van der Waals surface area (Å²) in [5.74, 6) is 0.750. The fraction of sp³-hybridized carbons (Fsp3) is 0.417. The highest BCUT2D eigenvalue weighted by atomic mass is 16.5. The number of ether oxygens (including phenoxy) is 2. The molecule has 1 saturated heterocycles. The number of carbonyl (C=O) groups excluding carboxylic acids is 1. The van der Waals surface area contributed by atoms with Gasteiger partial charge in [0.15, 0.2) is 6.23 Å². The van der Waals surface area contributed by atoms with Gasteiger partial charge in [0.25, 0.3) is 0 Å². The number of nitrogens with zero attached hydrogens (tertiary/aromatic N) is 1. The Kier molecular flexibility index (Phi) is 3.22. The first-order valence-corrected chi connectivity index (χ1v) is 5.22. The van der Waals surface area contributed by atoms with Crippen molar-refractivity contribution in [3.05, 3.63) is 29.8 Å². The lowest BCUT2D eigenvalue weighted by molar-refractivity contribution is 0.0362. The molecule has 1 aromatic rings. The Morgan fingerprint density at radius 1 is 1.44 bits per heavy atom. The zero-order chi connectivity index (χ0) is 11.5. The van der Waals surface area contributed by atoms with Gasteiger partial charge in [-0.25, -0.2) is 0 Å². The second kappa shape index (κ2) is 4.63. The molecule has 4 heteroatoms. The van der Waals surface area contributed by atoms with Crippen LogP contribution in [-0.2, 0) is 4.74 Å². The standard InChI is InChI=1S/C12H15NO3/c1-13-7-8-16-12(13)11(14)9-3-5-10(15-2)6-4-9/h3-6,12H,7-8H2,1-2H3. The van der Waals surface area contributed by atoms with Crippen LogP contribution < -0.4 is 4.74 Å². The van der Waals surface area contributed by atoms with Crippen molar-refractivity contribution in [1.29, 1.82) is 0 Å². The summed E-state index contributed by atoms with van der Waals surface area (Å²) in [5.41, 5.74) is 0.652. The van der Waals surface area contributed by atoms with E-state index in [0.29, 0.717) is 12.2 Å². The first kappa shape index (κ1) is 11.1. The minimum absolute atomic E-state index is 0.00246. The molecule has 1 atom stereocenters. The Balaban J connectivity index is 2.14. The summed E-state index contributed by atoms with van der Waals surface area (Å²) >= 11 is 0. The van der Waals surface area contributed by atoms with Crippen LogP contribution in [0.3, 0.4) is 0 Å². The number of hydrogen-bond donors (Lipinski definition) is 0. The maximum atomic E-state index is 12.0. The van der Waals surface area contributed by atoms with Gasteiger partial charge < -0.3 is 9.47 Å². The SMILES string of the molecule is COc1ccc(C(=O)C2OCCN2C)cc1. The Morgan fingerprint density at radius 2 is 2.12 bits per heavy atom. The number of ketones is 1. The number of methoxy groups -OCH3 is 1. The van der Waals surface area contributed by atoms with Gasteiger partial charge in [-0.3, -0.25) is 9.69 Å². The van der Waals surface area contributed by atoms with Crippen LogP contribution in [0.4, 0.5) is 0 Å².